The summed E-state index contributed by atoms with van der Waals surface area (Å²) in [6.45, 7) is 7.54. The van der Waals surface area contributed by atoms with Crippen molar-refractivity contribution in [3.05, 3.63) is 0 Å². The molecule has 3 fully saturated rings. The minimum atomic E-state index is -0.241. The number of ether oxygens (including phenoxy) is 1. The molecular formula is C14H25N3O2. The van der Waals surface area contributed by atoms with E-state index in [9.17, 15) is 4.79 Å². The van der Waals surface area contributed by atoms with Crippen molar-refractivity contribution in [2.75, 3.05) is 39.3 Å². The summed E-state index contributed by atoms with van der Waals surface area (Å²) in [7, 11) is 0. The summed E-state index contributed by atoms with van der Waals surface area (Å²) in [5, 5.41) is 3.44. The Balaban J connectivity index is 1.69. The van der Waals surface area contributed by atoms with Crippen molar-refractivity contribution < 1.29 is 9.53 Å². The van der Waals surface area contributed by atoms with Crippen molar-refractivity contribution in [2.24, 2.45) is 0 Å². The zero-order valence-corrected chi connectivity index (χ0v) is 11.8. The van der Waals surface area contributed by atoms with Crippen LogP contribution < -0.4 is 5.32 Å². The molecule has 0 aromatic rings. The number of nitrogens with one attached hydrogen (secondary N) is 1. The third-order valence-electron chi connectivity index (χ3n) is 4.78. The fraction of sp³-hybridized carbons (Fsp3) is 0.929. The number of nitrogens with zero attached hydrogens (tertiary/aromatic N) is 2. The van der Waals surface area contributed by atoms with E-state index < -0.39 is 0 Å². The summed E-state index contributed by atoms with van der Waals surface area (Å²) >= 11 is 0. The molecule has 2 bridgehead atoms. The molecule has 19 heavy (non-hydrogen) atoms. The van der Waals surface area contributed by atoms with E-state index in [2.05, 4.69) is 22.0 Å². The molecule has 5 heteroatoms. The second kappa shape index (κ2) is 5.77. The van der Waals surface area contributed by atoms with Crippen LogP contribution in [0.4, 0.5) is 0 Å². The number of carbonyl (C=O) groups excluding carboxylic acids is 1. The van der Waals surface area contributed by atoms with E-state index >= 15 is 0 Å². The molecule has 0 radical (unpaired) electrons. The second-order valence-corrected chi connectivity index (χ2v) is 5.88. The molecule has 0 spiro atoms. The summed E-state index contributed by atoms with van der Waals surface area (Å²) in [5.41, 5.74) is 0. The van der Waals surface area contributed by atoms with E-state index in [1.165, 1.54) is 6.42 Å². The molecule has 3 aliphatic rings. The third kappa shape index (κ3) is 2.64. The molecule has 108 valence electrons. The fourth-order valence-corrected chi connectivity index (χ4v) is 3.65. The van der Waals surface area contributed by atoms with E-state index in [-0.39, 0.29) is 12.0 Å². The third-order valence-corrected chi connectivity index (χ3v) is 4.78. The highest BCUT2D eigenvalue weighted by Gasteiger charge is 2.41. The normalized spacial score (nSPS) is 36.3. The van der Waals surface area contributed by atoms with Gasteiger partial charge in [-0.15, -0.1) is 0 Å². The zero-order chi connectivity index (χ0) is 13.2. The van der Waals surface area contributed by atoms with Crippen LogP contribution in [0.2, 0.25) is 0 Å². The number of hydrogen-bond donors (Lipinski definition) is 1. The first-order valence-corrected chi connectivity index (χ1v) is 7.66. The van der Waals surface area contributed by atoms with Gasteiger partial charge in [0.2, 0.25) is 0 Å². The molecule has 3 saturated heterocycles. The van der Waals surface area contributed by atoms with Crippen LogP contribution in [-0.2, 0) is 9.53 Å². The molecule has 3 heterocycles. The Labute approximate surface area is 115 Å². The average Bonchev–Trinajstić information content (AvgIpc) is 2.71. The maximum atomic E-state index is 12.8. The molecule has 0 saturated carbocycles. The smallest absolute Gasteiger partial charge is 0.253 e. The van der Waals surface area contributed by atoms with Crippen molar-refractivity contribution in [2.45, 2.75) is 44.4 Å². The van der Waals surface area contributed by atoms with Gasteiger partial charge in [-0.3, -0.25) is 9.69 Å². The van der Waals surface area contributed by atoms with Crippen LogP contribution in [0.5, 0.6) is 0 Å². The minimum Gasteiger partial charge on any atom is -0.366 e. The van der Waals surface area contributed by atoms with E-state index in [1.807, 2.05) is 0 Å². The SMILES string of the molecule is CCN1CCOC(C(=O)N2C3CCNCC2CC3)C1. The Morgan fingerprint density at radius 1 is 1.32 bits per heavy atom. The lowest BCUT2D eigenvalue weighted by molar-refractivity contribution is -0.152. The first kappa shape index (κ1) is 13.3. The van der Waals surface area contributed by atoms with Crippen LogP contribution in [0.1, 0.15) is 26.2 Å². The number of carbonyl (C=O) groups is 1. The number of morpholine rings is 1. The van der Waals surface area contributed by atoms with E-state index in [0.29, 0.717) is 18.7 Å². The van der Waals surface area contributed by atoms with Gasteiger partial charge in [0, 0.05) is 31.7 Å². The van der Waals surface area contributed by atoms with Gasteiger partial charge in [-0.25, -0.2) is 0 Å². The molecule has 0 aliphatic carbocycles. The Morgan fingerprint density at radius 3 is 3.00 bits per heavy atom. The highest BCUT2D eigenvalue weighted by molar-refractivity contribution is 5.82. The Kier molecular flexibility index (Phi) is 4.05. The van der Waals surface area contributed by atoms with Gasteiger partial charge in [-0.05, 0) is 32.4 Å². The van der Waals surface area contributed by atoms with Crippen molar-refractivity contribution in [3.63, 3.8) is 0 Å². The van der Waals surface area contributed by atoms with Gasteiger partial charge < -0.3 is 15.0 Å². The maximum Gasteiger partial charge on any atom is 0.253 e. The van der Waals surface area contributed by atoms with Crippen molar-refractivity contribution >= 4 is 5.91 Å². The lowest BCUT2D eigenvalue weighted by Crippen LogP contribution is -2.54. The van der Waals surface area contributed by atoms with Crippen LogP contribution in [0, 0.1) is 0 Å². The van der Waals surface area contributed by atoms with Gasteiger partial charge >= 0.3 is 0 Å². The van der Waals surface area contributed by atoms with Gasteiger partial charge in [0.1, 0.15) is 6.10 Å². The standard InChI is InChI=1S/C14H25N3O2/c1-2-16-7-8-19-13(10-16)14(18)17-11-3-4-12(17)9-15-6-5-11/h11-13,15H,2-10H2,1H3. The van der Waals surface area contributed by atoms with Crippen LogP contribution in [0.25, 0.3) is 0 Å². The largest absolute Gasteiger partial charge is 0.366 e. The molecule has 3 unspecified atom stereocenters. The number of likely N-dealkylation sites (N-methyl/N-ethyl adjacent to an activating group) is 1. The summed E-state index contributed by atoms with van der Waals surface area (Å²) in [6, 6.07) is 0.828. The van der Waals surface area contributed by atoms with Gasteiger partial charge in [0.15, 0.2) is 0 Å². The number of amides is 1. The lowest BCUT2D eigenvalue weighted by atomic mass is 10.1. The molecule has 1 N–H and O–H groups in total. The molecule has 3 rings (SSSR count). The van der Waals surface area contributed by atoms with Crippen LogP contribution in [0.15, 0.2) is 0 Å². The zero-order valence-electron chi connectivity index (χ0n) is 11.8. The highest BCUT2D eigenvalue weighted by atomic mass is 16.5. The summed E-state index contributed by atoms with van der Waals surface area (Å²) in [6.07, 6.45) is 3.16. The molecular weight excluding hydrogens is 242 g/mol. The number of rotatable bonds is 2. The van der Waals surface area contributed by atoms with Crippen molar-refractivity contribution in [1.82, 2.24) is 15.1 Å². The quantitative estimate of drug-likeness (QED) is 0.768. The summed E-state index contributed by atoms with van der Waals surface area (Å²) in [4.78, 5) is 17.2. The van der Waals surface area contributed by atoms with Crippen LogP contribution in [-0.4, -0.2) is 73.2 Å². The first-order valence-electron chi connectivity index (χ1n) is 7.66. The van der Waals surface area contributed by atoms with Crippen molar-refractivity contribution in [1.29, 1.82) is 0 Å². The Hall–Kier alpha value is -0.650. The Morgan fingerprint density at radius 2 is 2.16 bits per heavy atom. The average molecular weight is 267 g/mol. The molecule has 0 aromatic heterocycles. The van der Waals surface area contributed by atoms with Gasteiger partial charge in [0.25, 0.3) is 5.91 Å². The number of hydrogen-bond acceptors (Lipinski definition) is 4. The van der Waals surface area contributed by atoms with Gasteiger partial charge in [-0.2, -0.15) is 0 Å². The van der Waals surface area contributed by atoms with Gasteiger partial charge in [-0.1, -0.05) is 6.92 Å². The minimum absolute atomic E-state index is 0.231. The monoisotopic (exact) mass is 267 g/mol. The van der Waals surface area contributed by atoms with Crippen molar-refractivity contribution in [3.8, 4) is 0 Å². The van der Waals surface area contributed by atoms with Crippen LogP contribution in [0.3, 0.4) is 0 Å². The molecule has 3 aliphatic heterocycles. The van der Waals surface area contributed by atoms with Crippen LogP contribution >= 0.6 is 0 Å². The first-order chi connectivity index (χ1) is 9.29. The highest BCUT2D eigenvalue weighted by Crippen LogP contribution is 2.29. The molecule has 3 atom stereocenters. The van der Waals surface area contributed by atoms with E-state index in [1.54, 1.807) is 0 Å². The van der Waals surface area contributed by atoms with Gasteiger partial charge in [0.05, 0.1) is 6.61 Å². The lowest BCUT2D eigenvalue weighted by Gasteiger charge is -2.36. The number of fused-ring (bicyclic) bond motifs is 2. The Bertz CT molecular complexity index is 323. The summed E-state index contributed by atoms with van der Waals surface area (Å²) in [5.74, 6) is 0.231. The second-order valence-electron chi connectivity index (χ2n) is 5.88. The maximum absolute atomic E-state index is 12.8. The van der Waals surface area contributed by atoms with E-state index in [0.717, 1.165) is 45.6 Å². The summed E-state index contributed by atoms with van der Waals surface area (Å²) < 4.78 is 5.74. The molecule has 5 nitrogen and oxygen atoms in total. The predicted molar refractivity (Wildman–Crippen MR) is 73.0 cm³/mol. The topological polar surface area (TPSA) is 44.8 Å². The fourth-order valence-electron chi connectivity index (χ4n) is 3.65. The van der Waals surface area contributed by atoms with E-state index in [4.69, 9.17) is 4.74 Å². The molecule has 1 amide bonds. The molecule has 0 aromatic carbocycles. The predicted octanol–water partition coefficient (Wildman–Crippen LogP) is 0.0600.